The summed E-state index contributed by atoms with van der Waals surface area (Å²) in [6, 6.07) is 1.45. The van der Waals surface area contributed by atoms with Gasteiger partial charge in [-0.15, -0.1) is 0 Å². The molecule has 0 heterocycles. The van der Waals surface area contributed by atoms with Gasteiger partial charge in [0.05, 0.1) is 11.2 Å². The second-order valence-corrected chi connectivity index (χ2v) is 2.97. The predicted octanol–water partition coefficient (Wildman–Crippen LogP) is 1.19. The van der Waals surface area contributed by atoms with E-state index in [0.29, 0.717) is 0 Å². The second-order valence-electron chi connectivity index (χ2n) is 2.57. The van der Waals surface area contributed by atoms with Crippen LogP contribution in [0.1, 0.15) is 5.56 Å². The third kappa shape index (κ3) is 3.10. The lowest BCUT2D eigenvalue weighted by atomic mass is 10.2. The molecule has 5 nitrogen and oxygen atoms in total. The van der Waals surface area contributed by atoms with Crippen molar-refractivity contribution in [1.82, 2.24) is 5.43 Å². The maximum atomic E-state index is 12.9. The lowest BCUT2D eigenvalue weighted by Gasteiger charge is -1.99. The summed E-state index contributed by atoms with van der Waals surface area (Å²) in [5, 5.41) is 12.3. The van der Waals surface area contributed by atoms with Gasteiger partial charge in [-0.25, -0.2) is 14.6 Å². The summed E-state index contributed by atoms with van der Waals surface area (Å²) in [5.41, 5.74) is 6.95. The number of aromatic hydroxyl groups is 1. The quantitative estimate of drug-likeness (QED) is 0.527. The Hall–Kier alpha value is -1.82. The van der Waals surface area contributed by atoms with E-state index in [9.17, 15) is 9.18 Å². The fourth-order valence-corrected chi connectivity index (χ4v) is 1.05. The third-order valence-corrected chi connectivity index (χ3v) is 1.72. The Kier molecular flexibility index (Phi) is 3.46. The molecule has 7 heteroatoms. The van der Waals surface area contributed by atoms with E-state index in [0.717, 1.165) is 12.3 Å². The Morgan fingerprint density at radius 1 is 1.67 bits per heavy atom. The number of hydrazone groups is 1. The molecule has 0 aliphatic carbocycles. The molecule has 0 fully saturated rings. The number of rotatable bonds is 2. The van der Waals surface area contributed by atoms with Crippen LogP contribution in [-0.4, -0.2) is 17.4 Å². The zero-order valence-electron chi connectivity index (χ0n) is 7.37. The van der Waals surface area contributed by atoms with E-state index in [2.05, 4.69) is 5.10 Å². The number of nitrogens with zero attached hydrogens (tertiary/aromatic N) is 1. The molecule has 4 N–H and O–H groups in total. The van der Waals surface area contributed by atoms with E-state index >= 15 is 0 Å². The van der Waals surface area contributed by atoms with Crippen molar-refractivity contribution in [3.05, 3.63) is 28.5 Å². The highest BCUT2D eigenvalue weighted by molar-refractivity contribution is 6.32. The Balaban J connectivity index is 2.87. The van der Waals surface area contributed by atoms with Gasteiger partial charge >= 0.3 is 6.03 Å². The summed E-state index contributed by atoms with van der Waals surface area (Å²) >= 11 is 5.50. The van der Waals surface area contributed by atoms with Crippen molar-refractivity contribution in [2.45, 2.75) is 0 Å². The zero-order chi connectivity index (χ0) is 11.4. The highest BCUT2D eigenvalue weighted by Gasteiger charge is 2.06. The van der Waals surface area contributed by atoms with Gasteiger partial charge < -0.3 is 10.8 Å². The van der Waals surface area contributed by atoms with Gasteiger partial charge in [-0.2, -0.15) is 5.10 Å². The molecule has 0 aromatic heterocycles. The van der Waals surface area contributed by atoms with Crippen LogP contribution in [0.25, 0.3) is 0 Å². The monoisotopic (exact) mass is 231 g/mol. The molecule has 0 radical (unpaired) electrons. The van der Waals surface area contributed by atoms with Gasteiger partial charge in [-0.3, -0.25) is 0 Å². The Morgan fingerprint density at radius 2 is 2.33 bits per heavy atom. The molecule has 1 aromatic carbocycles. The number of benzene rings is 1. The lowest BCUT2D eigenvalue weighted by Crippen LogP contribution is -2.24. The zero-order valence-corrected chi connectivity index (χ0v) is 8.12. The van der Waals surface area contributed by atoms with Gasteiger partial charge in [-0.05, 0) is 17.7 Å². The largest absolute Gasteiger partial charge is 0.504 e. The molecule has 0 saturated heterocycles. The number of primary amides is 1. The van der Waals surface area contributed by atoms with Crippen LogP contribution in [0, 0.1) is 5.82 Å². The fraction of sp³-hybridized carbons (Fsp3) is 0. The summed E-state index contributed by atoms with van der Waals surface area (Å²) < 4.78 is 12.9. The van der Waals surface area contributed by atoms with Gasteiger partial charge in [0, 0.05) is 0 Å². The number of nitrogens with two attached hydrogens (primary N) is 1. The molecule has 0 aliphatic rings. The molecule has 0 atom stereocenters. The van der Waals surface area contributed by atoms with Crippen LogP contribution in [-0.2, 0) is 0 Å². The van der Waals surface area contributed by atoms with Crippen LogP contribution in [0.15, 0.2) is 17.2 Å². The van der Waals surface area contributed by atoms with Crippen molar-refractivity contribution >= 4 is 23.8 Å². The SMILES string of the molecule is NC(=O)NN=Cc1cc(F)c(O)c(Cl)c1. The molecular weight excluding hydrogens is 225 g/mol. The normalized spacial score (nSPS) is 10.5. The molecule has 1 aromatic rings. The average molecular weight is 232 g/mol. The first-order valence-corrected chi connectivity index (χ1v) is 4.15. The van der Waals surface area contributed by atoms with E-state index in [1.807, 2.05) is 5.43 Å². The highest BCUT2D eigenvalue weighted by Crippen LogP contribution is 2.26. The lowest BCUT2D eigenvalue weighted by molar-refractivity contribution is 0.249. The number of carbonyl (C=O) groups excluding carboxylic acids is 1. The van der Waals surface area contributed by atoms with Crippen LogP contribution in [0.3, 0.4) is 0 Å². The number of phenols is 1. The Labute approximate surface area is 89.3 Å². The minimum Gasteiger partial charge on any atom is -0.504 e. The molecular formula is C8H7ClFN3O2. The highest BCUT2D eigenvalue weighted by atomic mass is 35.5. The van der Waals surface area contributed by atoms with E-state index in [-0.39, 0.29) is 10.6 Å². The van der Waals surface area contributed by atoms with Crippen LogP contribution >= 0.6 is 11.6 Å². The first-order valence-electron chi connectivity index (χ1n) is 3.77. The van der Waals surface area contributed by atoms with Crippen LogP contribution in [0.5, 0.6) is 5.75 Å². The summed E-state index contributed by atoms with van der Waals surface area (Å²) in [7, 11) is 0. The van der Waals surface area contributed by atoms with Crippen molar-refractivity contribution in [1.29, 1.82) is 0 Å². The topological polar surface area (TPSA) is 87.7 Å². The van der Waals surface area contributed by atoms with Gasteiger partial charge in [-0.1, -0.05) is 11.6 Å². The molecule has 0 spiro atoms. The maximum Gasteiger partial charge on any atom is 0.332 e. The first kappa shape index (κ1) is 11.3. The minimum atomic E-state index is -0.872. The molecule has 0 saturated carbocycles. The van der Waals surface area contributed by atoms with Crippen LogP contribution in [0.2, 0.25) is 5.02 Å². The number of hydrogen-bond acceptors (Lipinski definition) is 3. The summed E-state index contributed by atoms with van der Waals surface area (Å²) in [6.07, 6.45) is 1.14. The molecule has 80 valence electrons. The van der Waals surface area contributed by atoms with Crippen molar-refractivity contribution in [2.75, 3.05) is 0 Å². The second kappa shape index (κ2) is 4.61. The number of phenolic OH excluding ortho intramolecular Hbond substituents is 1. The molecule has 15 heavy (non-hydrogen) atoms. The number of urea groups is 1. The molecule has 0 aliphatic heterocycles. The summed E-state index contributed by atoms with van der Waals surface area (Å²) in [5.74, 6) is -1.50. The van der Waals surface area contributed by atoms with E-state index in [1.165, 1.54) is 6.07 Å². The number of halogens is 2. The summed E-state index contributed by atoms with van der Waals surface area (Å²) in [6.45, 7) is 0. The molecule has 0 unspecified atom stereocenters. The van der Waals surface area contributed by atoms with Crippen molar-refractivity contribution in [3.63, 3.8) is 0 Å². The minimum absolute atomic E-state index is 0.143. The van der Waals surface area contributed by atoms with Crippen LogP contribution < -0.4 is 11.2 Å². The average Bonchev–Trinajstić information content (AvgIpc) is 2.13. The van der Waals surface area contributed by atoms with Crippen molar-refractivity contribution < 1.29 is 14.3 Å². The van der Waals surface area contributed by atoms with Gasteiger partial charge in [0.25, 0.3) is 0 Å². The molecule has 2 amide bonds. The van der Waals surface area contributed by atoms with Crippen molar-refractivity contribution in [3.8, 4) is 5.75 Å². The molecule has 0 bridgehead atoms. The predicted molar refractivity (Wildman–Crippen MR) is 53.4 cm³/mol. The number of hydrogen-bond donors (Lipinski definition) is 3. The standard InChI is InChI=1S/C8H7ClFN3O2/c9-5-1-4(2-6(10)7(5)14)3-12-13-8(11)15/h1-3,14H,(H3,11,13,15). The van der Waals surface area contributed by atoms with E-state index < -0.39 is 17.6 Å². The first-order chi connectivity index (χ1) is 7.00. The Morgan fingerprint density at radius 3 is 2.87 bits per heavy atom. The fourth-order valence-electron chi connectivity index (χ4n) is 0.830. The van der Waals surface area contributed by atoms with E-state index in [4.69, 9.17) is 22.4 Å². The van der Waals surface area contributed by atoms with E-state index in [1.54, 1.807) is 0 Å². The van der Waals surface area contributed by atoms with Crippen LogP contribution in [0.4, 0.5) is 9.18 Å². The Bertz CT molecular complexity index is 399. The van der Waals surface area contributed by atoms with Gasteiger partial charge in [0.15, 0.2) is 11.6 Å². The maximum absolute atomic E-state index is 12.9. The smallest absolute Gasteiger partial charge is 0.332 e. The summed E-state index contributed by atoms with van der Waals surface area (Å²) in [4.78, 5) is 10.2. The van der Waals surface area contributed by atoms with Gasteiger partial charge in [0.2, 0.25) is 0 Å². The third-order valence-electron chi connectivity index (χ3n) is 1.43. The van der Waals surface area contributed by atoms with Crippen molar-refractivity contribution in [2.24, 2.45) is 10.8 Å². The number of carbonyl (C=O) groups is 1. The molecule has 1 rings (SSSR count). The number of amides is 2. The number of nitrogens with one attached hydrogen (secondary N) is 1. The van der Waals surface area contributed by atoms with Gasteiger partial charge in [0.1, 0.15) is 0 Å².